The molecule has 0 amide bonds. The summed E-state index contributed by atoms with van der Waals surface area (Å²) >= 11 is 1.77. The molecular formula is C20H30O3S. The lowest BCUT2D eigenvalue weighted by atomic mass is 9.74. The highest BCUT2D eigenvalue weighted by Crippen LogP contribution is 2.53. The van der Waals surface area contributed by atoms with Gasteiger partial charge in [0.15, 0.2) is 0 Å². The van der Waals surface area contributed by atoms with Gasteiger partial charge in [-0.05, 0) is 30.2 Å². The molecule has 0 bridgehead atoms. The Morgan fingerprint density at radius 2 is 2.00 bits per heavy atom. The molecule has 3 nitrogen and oxygen atoms in total. The second-order valence-corrected chi connectivity index (χ2v) is 9.69. The van der Waals surface area contributed by atoms with Gasteiger partial charge in [-0.1, -0.05) is 57.5 Å². The lowest BCUT2D eigenvalue weighted by molar-refractivity contribution is -0.155. The Hall–Kier alpha value is -0.550. The van der Waals surface area contributed by atoms with E-state index >= 15 is 0 Å². The summed E-state index contributed by atoms with van der Waals surface area (Å²) < 4.78 is 12.0. The molecule has 1 aliphatic carbocycles. The Balaban J connectivity index is 1.91. The minimum atomic E-state index is -1.14. The van der Waals surface area contributed by atoms with Crippen molar-refractivity contribution in [2.24, 2.45) is 11.8 Å². The van der Waals surface area contributed by atoms with E-state index in [9.17, 15) is 5.11 Å². The van der Waals surface area contributed by atoms with E-state index in [0.717, 1.165) is 12.0 Å². The van der Waals surface area contributed by atoms with Crippen molar-refractivity contribution in [3.63, 3.8) is 0 Å². The molecule has 2 fully saturated rings. The van der Waals surface area contributed by atoms with E-state index < -0.39 is 5.60 Å². The number of methoxy groups -OCH3 is 1. The van der Waals surface area contributed by atoms with Gasteiger partial charge in [-0.15, -0.1) is 11.8 Å². The van der Waals surface area contributed by atoms with Crippen LogP contribution in [-0.2, 0) is 15.1 Å². The molecule has 1 aromatic rings. The van der Waals surface area contributed by atoms with E-state index in [2.05, 4.69) is 20.8 Å². The van der Waals surface area contributed by atoms with E-state index in [-0.39, 0.29) is 22.9 Å². The minimum Gasteiger partial charge on any atom is -0.381 e. The van der Waals surface area contributed by atoms with Crippen molar-refractivity contribution in [1.29, 1.82) is 0 Å². The molecule has 1 saturated heterocycles. The summed E-state index contributed by atoms with van der Waals surface area (Å²) in [5.74, 6) is 1.25. The molecule has 24 heavy (non-hydrogen) atoms. The molecule has 1 heterocycles. The maximum atomic E-state index is 11.5. The summed E-state index contributed by atoms with van der Waals surface area (Å²) in [5, 5.41) is 11.5. The average molecular weight is 351 g/mol. The summed E-state index contributed by atoms with van der Waals surface area (Å²) in [6, 6.07) is 9.81. The lowest BCUT2D eigenvalue weighted by Crippen LogP contribution is -2.55. The average Bonchev–Trinajstić information content (AvgIpc) is 2.54. The van der Waals surface area contributed by atoms with Gasteiger partial charge in [-0.3, -0.25) is 0 Å². The summed E-state index contributed by atoms with van der Waals surface area (Å²) in [4.78, 5) is 0. The fourth-order valence-corrected chi connectivity index (χ4v) is 5.86. The van der Waals surface area contributed by atoms with Crippen LogP contribution in [0, 0.1) is 11.8 Å². The van der Waals surface area contributed by atoms with Gasteiger partial charge >= 0.3 is 0 Å². The van der Waals surface area contributed by atoms with Crippen molar-refractivity contribution < 1.29 is 14.6 Å². The van der Waals surface area contributed by atoms with Crippen LogP contribution in [-0.4, -0.2) is 35.1 Å². The topological polar surface area (TPSA) is 38.7 Å². The number of thioether (sulfide) groups is 1. The maximum absolute atomic E-state index is 11.5. The van der Waals surface area contributed by atoms with Crippen LogP contribution in [0.1, 0.15) is 45.6 Å². The van der Waals surface area contributed by atoms with Gasteiger partial charge in [0.2, 0.25) is 0 Å². The fraction of sp³-hybridized carbons (Fsp3) is 0.700. The van der Waals surface area contributed by atoms with Crippen molar-refractivity contribution in [2.75, 3.05) is 13.7 Å². The first kappa shape index (κ1) is 18.2. The molecule has 3 rings (SSSR count). The molecule has 1 N–H and O–H groups in total. The molecular weight excluding hydrogens is 320 g/mol. The van der Waals surface area contributed by atoms with Gasteiger partial charge < -0.3 is 14.6 Å². The van der Waals surface area contributed by atoms with E-state index in [1.54, 1.807) is 18.9 Å². The summed E-state index contributed by atoms with van der Waals surface area (Å²) in [7, 11) is 1.64. The van der Waals surface area contributed by atoms with Crippen molar-refractivity contribution in [2.45, 2.75) is 61.9 Å². The third kappa shape index (κ3) is 3.39. The lowest BCUT2D eigenvalue weighted by Gasteiger charge is -2.53. The van der Waals surface area contributed by atoms with Crippen LogP contribution in [0.5, 0.6) is 0 Å². The number of aliphatic hydroxyl groups is 1. The quantitative estimate of drug-likeness (QED) is 0.883. The SMILES string of the molecule is COC[C@](O)(c1ccccc1)[C@@H]1O[C@@H]2C[C@H](C)CC[C@H]2C(C)(C)S1. The van der Waals surface area contributed by atoms with E-state index in [1.807, 2.05) is 30.3 Å². The molecule has 2 aliphatic rings. The highest BCUT2D eigenvalue weighted by molar-refractivity contribution is 8.01. The number of hydrogen-bond acceptors (Lipinski definition) is 4. The molecule has 0 aromatic heterocycles. The smallest absolute Gasteiger partial charge is 0.148 e. The van der Waals surface area contributed by atoms with Crippen LogP contribution < -0.4 is 0 Å². The van der Waals surface area contributed by atoms with Crippen LogP contribution in [0.2, 0.25) is 0 Å². The van der Waals surface area contributed by atoms with Crippen molar-refractivity contribution in [3.05, 3.63) is 35.9 Å². The van der Waals surface area contributed by atoms with Crippen LogP contribution in [0.3, 0.4) is 0 Å². The number of ether oxygens (including phenoxy) is 2. The summed E-state index contributed by atoms with van der Waals surface area (Å²) in [6.45, 7) is 7.15. The van der Waals surface area contributed by atoms with Gasteiger partial charge in [0.1, 0.15) is 11.0 Å². The summed E-state index contributed by atoms with van der Waals surface area (Å²) in [5.41, 5.74) is -0.590. The van der Waals surface area contributed by atoms with Crippen LogP contribution in [0.15, 0.2) is 30.3 Å². The first-order valence-electron chi connectivity index (χ1n) is 8.97. The zero-order valence-electron chi connectivity index (χ0n) is 15.2. The Labute approximate surface area is 150 Å². The van der Waals surface area contributed by atoms with Crippen LogP contribution >= 0.6 is 11.8 Å². The Morgan fingerprint density at radius 1 is 1.29 bits per heavy atom. The van der Waals surface area contributed by atoms with Crippen LogP contribution in [0.25, 0.3) is 0 Å². The first-order chi connectivity index (χ1) is 11.4. The second kappa shape index (κ2) is 6.99. The van der Waals surface area contributed by atoms with Crippen molar-refractivity contribution in [1.82, 2.24) is 0 Å². The molecule has 1 aliphatic heterocycles. The first-order valence-corrected chi connectivity index (χ1v) is 9.85. The summed E-state index contributed by atoms with van der Waals surface area (Å²) in [6.07, 6.45) is 3.80. The minimum absolute atomic E-state index is 0.0875. The molecule has 0 radical (unpaired) electrons. The number of fused-ring (bicyclic) bond motifs is 1. The number of benzene rings is 1. The fourth-order valence-electron chi connectivity index (χ4n) is 4.27. The molecule has 0 spiro atoms. The van der Waals surface area contributed by atoms with Gasteiger partial charge in [-0.25, -0.2) is 0 Å². The van der Waals surface area contributed by atoms with Gasteiger partial charge in [0.25, 0.3) is 0 Å². The predicted octanol–water partition coefficient (Wildman–Crippen LogP) is 4.19. The molecule has 0 unspecified atom stereocenters. The van der Waals surface area contributed by atoms with Crippen molar-refractivity contribution in [3.8, 4) is 0 Å². The maximum Gasteiger partial charge on any atom is 0.148 e. The van der Waals surface area contributed by atoms with Gasteiger partial charge in [-0.2, -0.15) is 0 Å². The second-order valence-electron chi connectivity index (χ2n) is 7.98. The molecule has 1 aromatic carbocycles. The number of rotatable bonds is 4. The Bertz CT molecular complexity index is 547. The Kier molecular flexibility index (Phi) is 5.31. The standard InChI is InChI=1S/C20H30O3S/c1-14-10-11-16-17(12-14)23-18(24-19(16,2)3)20(21,13-22-4)15-8-6-5-7-9-15/h5-9,14,16-18,21H,10-13H2,1-4H3/t14-,16-,17-,18-,20+/m1/s1. The van der Waals surface area contributed by atoms with E-state index in [4.69, 9.17) is 9.47 Å². The zero-order valence-corrected chi connectivity index (χ0v) is 16.0. The largest absolute Gasteiger partial charge is 0.381 e. The molecule has 134 valence electrons. The third-order valence-electron chi connectivity index (χ3n) is 5.68. The predicted molar refractivity (Wildman–Crippen MR) is 99.1 cm³/mol. The van der Waals surface area contributed by atoms with E-state index in [1.165, 1.54) is 12.8 Å². The number of hydrogen-bond donors (Lipinski definition) is 1. The molecule has 4 heteroatoms. The monoisotopic (exact) mass is 350 g/mol. The highest BCUT2D eigenvalue weighted by atomic mass is 32.2. The normalized spacial score (nSPS) is 35.0. The zero-order chi connectivity index (χ0) is 17.4. The van der Waals surface area contributed by atoms with Crippen LogP contribution in [0.4, 0.5) is 0 Å². The molecule has 1 saturated carbocycles. The van der Waals surface area contributed by atoms with Gasteiger partial charge in [0.05, 0.1) is 12.7 Å². The third-order valence-corrected chi connectivity index (χ3v) is 7.31. The van der Waals surface area contributed by atoms with Gasteiger partial charge in [0, 0.05) is 11.9 Å². The van der Waals surface area contributed by atoms with Crippen molar-refractivity contribution >= 4 is 11.8 Å². The molecule has 5 atom stereocenters. The highest BCUT2D eigenvalue weighted by Gasteiger charge is 2.52. The Morgan fingerprint density at radius 3 is 2.67 bits per heavy atom. The van der Waals surface area contributed by atoms with E-state index in [0.29, 0.717) is 11.8 Å².